The summed E-state index contributed by atoms with van der Waals surface area (Å²) in [6, 6.07) is 11.6. The lowest BCUT2D eigenvalue weighted by atomic mass is 9.98. The number of amidine groups is 1. The summed E-state index contributed by atoms with van der Waals surface area (Å²) in [6.07, 6.45) is 0.596. The van der Waals surface area contributed by atoms with Gasteiger partial charge in [0.25, 0.3) is 0 Å². The van der Waals surface area contributed by atoms with Crippen LogP contribution in [0.15, 0.2) is 41.4 Å². The first-order valence-corrected chi connectivity index (χ1v) is 8.51. The molecule has 2 aliphatic heterocycles. The molecule has 1 saturated heterocycles. The molecule has 0 bridgehead atoms. The molecule has 124 valence electrons. The maximum Gasteiger partial charge on any atom is 0.137 e. The van der Waals surface area contributed by atoms with E-state index in [0.717, 1.165) is 54.4 Å². The summed E-state index contributed by atoms with van der Waals surface area (Å²) in [4.78, 5) is 9.61. The summed E-state index contributed by atoms with van der Waals surface area (Å²) >= 11 is 0. The smallest absolute Gasteiger partial charge is 0.137 e. The molecule has 24 heavy (non-hydrogen) atoms. The van der Waals surface area contributed by atoms with Gasteiger partial charge in [-0.05, 0) is 37.2 Å². The molecule has 0 saturated carbocycles. The van der Waals surface area contributed by atoms with Gasteiger partial charge in [0.2, 0.25) is 0 Å². The molecule has 0 radical (unpaired) electrons. The van der Waals surface area contributed by atoms with Crippen LogP contribution < -0.4 is 0 Å². The van der Waals surface area contributed by atoms with Gasteiger partial charge in [-0.2, -0.15) is 0 Å². The second-order valence-electron chi connectivity index (χ2n) is 6.80. The molecule has 0 unspecified atom stereocenters. The van der Waals surface area contributed by atoms with Crippen LogP contribution in [0.1, 0.15) is 22.3 Å². The molecule has 2 aromatic carbocycles. The van der Waals surface area contributed by atoms with Gasteiger partial charge >= 0.3 is 0 Å². The van der Waals surface area contributed by atoms with Crippen LogP contribution in [0.4, 0.5) is 10.1 Å². The highest BCUT2D eigenvalue weighted by molar-refractivity contribution is 6.02. The van der Waals surface area contributed by atoms with Crippen LogP contribution in [0.25, 0.3) is 0 Å². The van der Waals surface area contributed by atoms with Crippen LogP contribution >= 0.6 is 0 Å². The molecule has 2 heterocycles. The van der Waals surface area contributed by atoms with E-state index in [1.165, 1.54) is 5.56 Å². The van der Waals surface area contributed by atoms with Gasteiger partial charge in [-0.3, -0.25) is 0 Å². The minimum Gasteiger partial charge on any atom is -0.354 e. The standard InChI is InChI=1S/C20H22FN3/c1-14-6-7-15-13-17-16(4-3-5-18(17)21)20(22-19(15)12-14)24-10-8-23(2)9-11-24/h3-7,12H,8-11,13H2,1-2H3. The zero-order chi connectivity index (χ0) is 16.7. The Bertz CT molecular complexity index is 805. The number of likely N-dealkylation sites (N-methyl/N-ethyl adjacent to an activating group) is 1. The van der Waals surface area contributed by atoms with Crippen molar-refractivity contribution in [2.45, 2.75) is 13.3 Å². The van der Waals surface area contributed by atoms with Gasteiger partial charge in [0, 0.05) is 43.7 Å². The Kier molecular flexibility index (Phi) is 3.85. The predicted octanol–water partition coefficient (Wildman–Crippen LogP) is 3.36. The number of aliphatic imine (C=N–C) groups is 1. The minimum atomic E-state index is -0.136. The van der Waals surface area contributed by atoms with E-state index in [-0.39, 0.29) is 5.82 Å². The maximum atomic E-state index is 14.5. The first kappa shape index (κ1) is 15.3. The third kappa shape index (κ3) is 2.71. The largest absolute Gasteiger partial charge is 0.354 e. The molecular formula is C20H22FN3. The van der Waals surface area contributed by atoms with Crippen molar-refractivity contribution in [2.75, 3.05) is 33.2 Å². The van der Waals surface area contributed by atoms with E-state index in [1.807, 2.05) is 6.07 Å². The molecule has 0 N–H and O–H groups in total. The van der Waals surface area contributed by atoms with Crippen LogP contribution in [0, 0.1) is 12.7 Å². The number of fused-ring (bicyclic) bond motifs is 2. The topological polar surface area (TPSA) is 18.8 Å². The van der Waals surface area contributed by atoms with Crippen molar-refractivity contribution >= 4 is 11.5 Å². The predicted molar refractivity (Wildman–Crippen MR) is 95.7 cm³/mol. The highest BCUT2D eigenvalue weighted by Crippen LogP contribution is 2.31. The summed E-state index contributed by atoms with van der Waals surface area (Å²) in [5.74, 6) is 0.782. The molecule has 4 rings (SSSR count). The Hall–Kier alpha value is -2.20. The Labute approximate surface area is 142 Å². The van der Waals surface area contributed by atoms with Crippen molar-refractivity contribution in [1.82, 2.24) is 9.80 Å². The van der Waals surface area contributed by atoms with Crippen LogP contribution in [-0.4, -0.2) is 48.9 Å². The number of piperazine rings is 1. The third-order valence-electron chi connectivity index (χ3n) is 5.00. The van der Waals surface area contributed by atoms with Crippen LogP contribution in [0.5, 0.6) is 0 Å². The zero-order valence-electron chi connectivity index (χ0n) is 14.2. The van der Waals surface area contributed by atoms with Crippen molar-refractivity contribution in [1.29, 1.82) is 0 Å². The summed E-state index contributed by atoms with van der Waals surface area (Å²) in [5, 5.41) is 0. The Morgan fingerprint density at radius 1 is 1.04 bits per heavy atom. The Balaban J connectivity index is 1.87. The summed E-state index contributed by atoms with van der Waals surface area (Å²) in [5.41, 5.74) is 4.95. The molecular weight excluding hydrogens is 301 g/mol. The molecule has 0 atom stereocenters. The molecule has 0 aromatic heterocycles. The van der Waals surface area contributed by atoms with Gasteiger partial charge in [-0.15, -0.1) is 0 Å². The number of benzene rings is 2. The normalized spacial score (nSPS) is 17.8. The second kappa shape index (κ2) is 6.02. The fourth-order valence-electron chi connectivity index (χ4n) is 3.50. The number of hydrogen-bond donors (Lipinski definition) is 0. The van der Waals surface area contributed by atoms with E-state index < -0.39 is 0 Å². The van der Waals surface area contributed by atoms with E-state index >= 15 is 0 Å². The van der Waals surface area contributed by atoms with Crippen molar-refractivity contribution in [3.8, 4) is 0 Å². The molecule has 2 aromatic rings. The number of hydrogen-bond acceptors (Lipinski definition) is 3. The average molecular weight is 323 g/mol. The monoisotopic (exact) mass is 323 g/mol. The first-order chi connectivity index (χ1) is 11.6. The van der Waals surface area contributed by atoms with Crippen LogP contribution in [0.2, 0.25) is 0 Å². The molecule has 0 aliphatic carbocycles. The van der Waals surface area contributed by atoms with Crippen molar-refractivity contribution in [3.05, 3.63) is 64.5 Å². The highest BCUT2D eigenvalue weighted by Gasteiger charge is 2.25. The average Bonchev–Trinajstić information content (AvgIpc) is 2.73. The van der Waals surface area contributed by atoms with E-state index in [2.05, 4.69) is 42.0 Å². The summed E-state index contributed by atoms with van der Waals surface area (Å²) < 4.78 is 14.5. The SMILES string of the molecule is Cc1ccc2c(c1)N=C(N1CCN(C)CC1)c1cccc(F)c1C2. The van der Waals surface area contributed by atoms with Crippen LogP contribution in [-0.2, 0) is 6.42 Å². The highest BCUT2D eigenvalue weighted by atomic mass is 19.1. The van der Waals surface area contributed by atoms with E-state index in [1.54, 1.807) is 12.1 Å². The fraction of sp³-hybridized carbons (Fsp3) is 0.350. The lowest BCUT2D eigenvalue weighted by molar-refractivity contribution is 0.216. The Morgan fingerprint density at radius 3 is 2.62 bits per heavy atom. The fourth-order valence-corrected chi connectivity index (χ4v) is 3.50. The van der Waals surface area contributed by atoms with Crippen molar-refractivity contribution in [2.24, 2.45) is 4.99 Å². The lowest BCUT2D eigenvalue weighted by Gasteiger charge is -2.35. The first-order valence-electron chi connectivity index (χ1n) is 8.51. The Morgan fingerprint density at radius 2 is 1.83 bits per heavy atom. The van der Waals surface area contributed by atoms with Gasteiger partial charge in [-0.25, -0.2) is 9.38 Å². The van der Waals surface area contributed by atoms with Gasteiger partial charge in [-0.1, -0.05) is 24.3 Å². The van der Waals surface area contributed by atoms with Gasteiger partial charge in [0.1, 0.15) is 11.7 Å². The quantitative estimate of drug-likeness (QED) is 0.740. The van der Waals surface area contributed by atoms with E-state index in [4.69, 9.17) is 4.99 Å². The summed E-state index contributed by atoms with van der Waals surface area (Å²) in [6.45, 7) is 5.93. The van der Waals surface area contributed by atoms with Crippen LogP contribution in [0.3, 0.4) is 0 Å². The van der Waals surface area contributed by atoms with E-state index in [9.17, 15) is 4.39 Å². The van der Waals surface area contributed by atoms with Crippen molar-refractivity contribution in [3.63, 3.8) is 0 Å². The van der Waals surface area contributed by atoms with Gasteiger partial charge in [0.05, 0.1) is 5.69 Å². The number of rotatable bonds is 0. The number of nitrogens with zero attached hydrogens (tertiary/aromatic N) is 3. The minimum absolute atomic E-state index is 0.136. The zero-order valence-corrected chi connectivity index (χ0v) is 14.2. The third-order valence-corrected chi connectivity index (χ3v) is 5.00. The molecule has 0 spiro atoms. The summed E-state index contributed by atoms with van der Waals surface area (Å²) in [7, 11) is 2.14. The molecule has 1 fully saturated rings. The van der Waals surface area contributed by atoms with E-state index in [0.29, 0.717) is 6.42 Å². The van der Waals surface area contributed by atoms with Gasteiger partial charge in [0.15, 0.2) is 0 Å². The van der Waals surface area contributed by atoms with Crippen molar-refractivity contribution < 1.29 is 4.39 Å². The molecule has 3 nitrogen and oxygen atoms in total. The number of aryl methyl sites for hydroxylation is 1. The molecule has 0 amide bonds. The lowest BCUT2D eigenvalue weighted by Crippen LogP contribution is -2.47. The van der Waals surface area contributed by atoms with Gasteiger partial charge < -0.3 is 9.80 Å². The second-order valence-corrected chi connectivity index (χ2v) is 6.80. The maximum absolute atomic E-state index is 14.5. The number of halogens is 1. The molecule has 2 aliphatic rings. The molecule has 4 heteroatoms.